The van der Waals surface area contributed by atoms with Crippen LogP contribution in [-0.2, 0) is 11.3 Å². The lowest BCUT2D eigenvalue weighted by Gasteiger charge is -2.52. The van der Waals surface area contributed by atoms with Gasteiger partial charge in [-0.1, -0.05) is 18.2 Å². The van der Waals surface area contributed by atoms with E-state index in [4.69, 9.17) is 4.74 Å². The molecular weight excluding hydrogens is 387 g/mol. The van der Waals surface area contributed by atoms with Gasteiger partial charge in [-0.05, 0) is 30.4 Å². The lowest BCUT2D eigenvalue weighted by Crippen LogP contribution is -2.65. The van der Waals surface area contributed by atoms with E-state index < -0.39 is 0 Å². The number of fused-ring (bicyclic) bond motifs is 3. The molecule has 0 spiro atoms. The average molecular weight is 416 g/mol. The van der Waals surface area contributed by atoms with Gasteiger partial charge in [-0.15, -0.1) is 11.3 Å². The Morgan fingerprint density at radius 2 is 1.93 bits per heavy atom. The Morgan fingerprint density at radius 3 is 2.69 bits per heavy atom. The number of carbonyl (C=O) groups is 1. The van der Waals surface area contributed by atoms with Crippen molar-refractivity contribution in [1.82, 2.24) is 5.32 Å². The second-order valence-electron chi connectivity index (χ2n) is 8.97. The summed E-state index contributed by atoms with van der Waals surface area (Å²) in [5, 5.41) is 4.84. The molecule has 4 fully saturated rings. The van der Waals surface area contributed by atoms with E-state index in [2.05, 4.69) is 5.32 Å². The average Bonchev–Trinajstić information content (AvgIpc) is 3.40. The SMILES string of the molecule is O=C(NCc1sccc1-c1ccccc1F)OC1C[N+]2(CC3CC3)CCC1CC2. The smallest absolute Gasteiger partial charge is 0.407 e. The van der Waals surface area contributed by atoms with Gasteiger partial charge in [0.25, 0.3) is 0 Å². The Labute approximate surface area is 175 Å². The van der Waals surface area contributed by atoms with Crippen LogP contribution in [0, 0.1) is 17.7 Å². The number of thiophene rings is 1. The van der Waals surface area contributed by atoms with Crippen LogP contribution in [0.25, 0.3) is 11.1 Å². The summed E-state index contributed by atoms with van der Waals surface area (Å²) in [6, 6.07) is 8.66. The number of ether oxygens (including phenoxy) is 1. The number of nitrogens with one attached hydrogen (secondary N) is 1. The minimum atomic E-state index is -0.346. The summed E-state index contributed by atoms with van der Waals surface area (Å²) in [5.74, 6) is 1.16. The maximum absolute atomic E-state index is 14.1. The standard InChI is InChI=1S/C23H27FN2O2S/c24-20-4-2-1-3-18(20)19-9-12-29-22(19)13-25-23(27)28-21-15-26(14-16-5-6-16)10-7-17(21)8-11-26/h1-4,9,12,16-17,21H,5-8,10-11,13-15H2/p+1. The Hall–Kier alpha value is -1.92. The number of hydrogen-bond acceptors (Lipinski definition) is 3. The molecule has 29 heavy (non-hydrogen) atoms. The maximum Gasteiger partial charge on any atom is 0.407 e. The summed E-state index contributed by atoms with van der Waals surface area (Å²) < 4.78 is 21.2. The molecule has 6 heteroatoms. The zero-order valence-electron chi connectivity index (χ0n) is 16.6. The van der Waals surface area contributed by atoms with Crippen molar-refractivity contribution < 1.29 is 18.4 Å². The molecule has 1 unspecified atom stereocenters. The molecule has 4 aliphatic rings. The summed E-state index contributed by atoms with van der Waals surface area (Å²) in [6.07, 6.45) is 4.79. The fourth-order valence-corrected chi connectivity index (χ4v) is 6.02. The quantitative estimate of drug-likeness (QED) is 0.689. The number of rotatable bonds is 6. The molecular formula is C23H28FN2O2S+. The van der Waals surface area contributed by atoms with Gasteiger partial charge in [-0.3, -0.25) is 0 Å². The molecule has 3 aliphatic heterocycles. The van der Waals surface area contributed by atoms with E-state index in [0.29, 0.717) is 18.0 Å². The van der Waals surface area contributed by atoms with Crippen molar-refractivity contribution in [3.8, 4) is 11.1 Å². The fraction of sp³-hybridized carbons (Fsp3) is 0.522. The number of halogens is 1. The Morgan fingerprint density at radius 1 is 1.14 bits per heavy atom. The molecule has 1 aromatic carbocycles. The Bertz CT molecular complexity index is 887. The van der Waals surface area contributed by atoms with Crippen LogP contribution in [-0.4, -0.2) is 42.9 Å². The van der Waals surface area contributed by atoms with E-state index in [-0.39, 0.29) is 18.0 Å². The number of piperidine rings is 3. The molecule has 3 saturated heterocycles. The van der Waals surface area contributed by atoms with E-state index in [1.165, 1.54) is 62.7 Å². The van der Waals surface area contributed by atoms with E-state index in [0.717, 1.165) is 27.4 Å². The van der Waals surface area contributed by atoms with Crippen molar-refractivity contribution in [1.29, 1.82) is 0 Å². The predicted octanol–water partition coefficient (Wildman–Crippen LogP) is 4.80. The lowest BCUT2D eigenvalue weighted by atomic mass is 9.83. The number of nitrogens with zero attached hydrogens (tertiary/aromatic N) is 1. The van der Waals surface area contributed by atoms with Crippen molar-refractivity contribution >= 4 is 17.4 Å². The lowest BCUT2D eigenvalue weighted by molar-refractivity contribution is -0.947. The number of benzene rings is 1. The normalized spacial score (nSPS) is 28.3. The fourth-order valence-electron chi connectivity index (χ4n) is 5.19. The molecule has 6 rings (SSSR count). The predicted molar refractivity (Wildman–Crippen MR) is 112 cm³/mol. The van der Waals surface area contributed by atoms with Crippen LogP contribution in [0.4, 0.5) is 9.18 Å². The first kappa shape index (κ1) is 19.1. The minimum Gasteiger partial charge on any atom is -0.440 e. The van der Waals surface area contributed by atoms with E-state index in [1.807, 2.05) is 17.5 Å². The first-order chi connectivity index (χ1) is 14.1. The van der Waals surface area contributed by atoms with Gasteiger partial charge < -0.3 is 14.5 Å². The summed E-state index contributed by atoms with van der Waals surface area (Å²) in [5.41, 5.74) is 1.41. The highest BCUT2D eigenvalue weighted by Crippen LogP contribution is 2.40. The van der Waals surface area contributed by atoms with Crippen molar-refractivity contribution in [3.05, 3.63) is 46.4 Å². The van der Waals surface area contributed by atoms with E-state index in [1.54, 1.807) is 12.1 Å². The zero-order chi connectivity index (χ0) is 19.8. The van der Waals surface area contributed by atoms with Crippen LogP contribution in [0.1, 0.15) is 30.6 Å². The number of amides is 1. The monoisotopic (exact) mass is 415 g/mol. The second-order valence-corrected chi connectivity index (χ2v) is 9.97. The van der Waals surface area contributed by atoms with Gasteiger partial charge in [-0.25, -0.2) is 9.18 Å². The number of quaternary nitrogens is 1. The molecule has 1 N–H and O–H groups in total. The summed E-state index contributed by atoms with van der Waals surface area (Å²) in [6.45, 7) is 5.12. The van der Waals surface area contributed by atoms with Gasteiger partial charge in [0.05, 0.1) is 26.2 Å². The molecule has 0 radical (unpaired) electrons. The molecule has 4 heterocycles. The molecule has 1 atom stereocenters. The molecule has 4 nitrogen and oxygen atoms in total. The van der Waals surface area contributed by atoms with Gasteiger partial charge in [-0.2, -0.15) is 0 Å². The van der Waals surface area contributed by atoms with Crippen LogP contribution >= 0.6 is 11.3 Å². The van der Waals surface area contributed by atoms with E-state index >= 15 is 0 Å². The second kappa shape index (κ2) is 7.73. The van der Waals surface area contributed by atoms with Crippen LogP contribution in [0.5, 0.6) is 0 Å². The van der Waals surface area contributed by atoms with Crippen LogP contribution in [0.15, 0.2) is 35.7 Å². The summed E-state index contributed by atoms with van der Waals surface area (Å²) >= 11 is 1.53. The number of alkyl carbamates (subject to hydrolysis) is 1. The topological polar surface area (TPSA) is 38.3 Å². The minimum absolute atomic E-state index is 0.0330. The van der Waals surface area contributed by atoms with Crippen LogP contribution in [0.3, 0.4) is 0 Å². The van der Waals surface area contributed by atoms with Crippen molar-refractivity contribution in [2.24, 2.45) is 11.8 Å². The number of hydrogen-bond donors (Lipinski definition) is 1. The van der Waals surface area contributed by atoms with Crippen LogP contribution < -0.4 is 5.32 Å². The van der Waals surface area contributed by atoms with Gasteiger partial charge in [0.15, 0.2) is 6.10 Å². The van der Waals surface area contributed by atoms with Gasteiger partial charge >= 0.3 is 6.09 Å². The van der Waals surface area contributed by atoms with Gasteiger partial charge in [0.2, 0.25) is 0 Å². The third-order valence-corrected chi connectivity index (χ3v) is 7.87. The molecule has 2 aromatic rings. The number of carbonyl (C=O) groups excluding carboxylic acids is 1. The molecule has 154 valence electrons. The summed E-state index contributed by atoms with van der Waals surface area (Å²) in [7, 11) is 0. The molecule has 1 amide bonds. The highest BCUT2D eigenvalue weighted by atomic mass is 32.1. The first-order valence-electron chi connectivity index (χ1n) is 10.7. The van der Waals surface area contributed by atoms with Crippen LogP contribution in [0.2, 0.25) is 0 Å². The highest BCUT2D eigenvalue weighted by Gasteiger charge is 2.49. The molecule has 1 aromatic heterocycles. The first-order valence-corrected chi connectivity index (χ1v) is 11.6. The molecule has 2 bridgehead atoms. The summed E-state index contributed by atoms with van der Waals surface area (Å²) in [4.78, 5) is 13.5. The third kappa shape index (κ3) is 4.05. The molecule has 1 aliphatic carbocycles. The largest absolute Gasteiger partial charge is 0.440 e. The Balaban J connectivity index is 1.19. The molecule has 1 saturated carbocycles. The maximum atomic E-state index is 14.1. The third-order valence-electron chi connectivity index (χ3n) is 6.95. The highest BCUT2D eigenvalue weighted by molar-refractivity contribution is 7.10. The van der Waals surface area contributed by atoms with Crippen molar-refractivity contribution in [2.45, 2.75) is 38.3 Å². The Kier molecular flexibility index (Phi) is 5.08. The van der Waals surface area contributed by atoms with Gasteiger partial charge in [0, 0.05) is 40.7 Å². The van der Waals surface area contributed by atoms with E-state index in [9.17, 15) is 9.18 Å². The van der Waals surface area contributed by atoms with Gasteiger partial charge in [0.1, 0.15) is 12.4 Å². The van der Waals surface area contributed by atoms with Crippen molar-refractivity contribution in [3.63, 3.8) is 0 Å². The zero-order valence-corrected chi connectivity index (χ0v) is 17.4. The van der Waals surface area contributed by atoms with Crippen molar-refractivity contribution in [2.75, 3.05) is 26.2 Å².